The number of hydrogen-bond acceptors (Lipinski definition) is 5. The molecule has 0 bridgehead atoms. The highest BCUT2D eigenvalue weighted by Crippen LogP contribution is 2.31. The molecule has 0 unspecified atom stereocenters. The van der Waals surface area contributed by atoms with Crippen molar-refractivity contribution in [3.8, 4) is 0 Å². The van der Waals surface area contributed by atoms with Gasteiger partial charge in [-0.2, -0.15) is 0 Å². The van der Waals surface area contributed by atoms with Crippen LogP contribution in [0.3, 0.4) is 0 Å². The van der Waals surface area contributed by atoms with E-state index in [-0.39, 0.29) is 17.2 Å². The van der Waals surface area contributed by atoms with E-state index < -0.39 is 11.7 Å². The van der Waals surface area contributed by atoms with Crippen molar-refractivity contribution in [3.05, 3.63) is 83.1 Å². The van der Waals surface area contributed by atoms with Gasteiger partial charge in [0.25, 0.3) is 5.91 Å². The normalized spacial score (nSPS) is 10.8. The number of halogens is 2. The topological polar surface area (TPSA) is 71.1 Å². The molecule has 0 fully saturated rings. The number of carbonyl (C=O) groups excluding carboxylic acids is 2. The van der Waals surface area contributed by atoms with E-state index in [1.54, 1.807) is 42.5 Å². The SMILES string of the molecule is O=C(CSc1nc2ccc(NC(=O)c3cccc(F)c3)cc2s1)Nc1ccc(Cl)cc1. The van der Waals surface area contributed by atoms with Crippen LogP contribution in [0.2, 0.25) is 5.02 Å². The van der Waals surface area contributed by atoms with E-state index in [9.17, 15) is 14.0 Å². The van der Waals surface area contributed by atoms with Crippen molar-refractivity contribution in [3.63, 3.8) is 0 Å². The number of anilines is 2. The smallest absolute Gasteiger partial charge is 0.255 e. The molecule has 0 saturated heterocycles. The number of fused-ring (bicyclic) bond motifs is 1. The third-order valence-corrected chi connectivity index (χ3v) is 6.58. The first kappa shape index (κ1) is 21.3. The summed E-state index contributed by atoms with van der Waals surface area (Å²) in [5.74, 6) is -0.787. The molecule has 156 valence electrons. The Morgan fingerprint density at radius 1 is 1.00 bits per heavy atom. The fraction of sp³-hybridized carbons (Fsp3) is 0.0455. The summed E-state index contributed by atoms with van der Waals surface area (Å²) >= 11 is 8.61. The van der Waals surface area contributed by atoms with Gasteiger partial charge in [-0.05, 0) is 60.7 Å². The van der Waals surface area contributed by atoms with Crippen molar-refractivity contribution >= 4 is 68.1 Å². The number of hydrogen-bond donors (Lipinski definition) is 2. The lowest BCUT2D eigenvalue weighted by Crippen LogP contribution is -2.13. The minimum Gasteiger partial charge on any atom is -0.325 e. The van der Waals surface area contributed by atoms with Crippen molar-refractivity contribution < 1.29 is 14.0 Å². The van der Waals surface area contributed by atoms with Crippen molar-refractivity contribution in [1.82, 2.24) is 4.98 Å². The predicted octanol–water partition coefficient (Wildman–Crippen LogP) is 6.07. The monoisotopic (exact) mass is 471 g/mol. The van der Waals surface area contributed by atoms with Crippen LogP contribution >= 0.6 is 34.7 Å². The number of amides is 2. The van der Waals surface area contributed by atoms with Crippen molar-refractivity contribution in [2.24, 2.45) is 0 Å². The van der Waals surface area contributed by atoms with Gasteiger partial charge in [0.15, 0.2) is 4.34 Å². The summed E-state index contributed by atoms with van der Waals surface area (Å²) in [5.41, 5.74) is 2.28. The maximum Gasteiger partial charge on any atom is 0.255 e. The van der Waals surface area contributed by atoms with Crippen LogP contribution in [0.5, 0.6) is 0 Å². The largest absolute Gasteiger partial charge is 0.325 e. The fourth-order valence-electron chi connectivity index (χ4n) is 2.73. The molecule has 1 aromatic heterocycles. The molecule has 1 heterocycles. The Bertz CT molecular complexity index is 1260. The molecule has 0 aliphatic heterocycles. The van der Waals surface area contributed by atoms with Gasteiger partial charge >= 0.3 is 0 Å². The molecule has 0 spiro atoms. The van der Waals surface area contributed by atoms with E-state index in [0.29, 0.717) is 16.4 Å². The number of thiazole rings is 1. The Morgan fingerprint density at radius 2 is 1.77 bits per heavy atom. The Morgan fingerprint density at radius 3 is 2.55 bits per heavy atom. The lowest BCUT2D eigenvalue weighted by molar-refractivity contribution is -0.113. The predicted molar refractivity (Wildman–Crippen MR) is 125 cm³/mol. The van der Waals surface area contributed by atoms with Gasteiger partial charge in [0.1, 0.15) is 5.82 Å². The molecule has 9 heteroatoms. The highest BCUT2D eigenvalue weighted by molar-refractivity contribution is 8.01. The van der Waals surface area contributed by atoms with Crippen molar-refractivity contribution in [1.29, 1.82) is 0 Å². The van der Waals surface area contributed by atoms with Gasteiger partial charge in [0.2, 0.25) is 5.91 Å². The third kappa shape index (κ3) is 5.61. The molecular formula is C22H15ClFN3O2S2. The molecule has 5 nitrogen and oxygen atoms in total. The van der Waals surface area contributed by atoms with E-state index >= 15 is 0 Å². The van der Waals surface area contributed by atoms with E-state index in [4.69, 9.17) is 11.6 Å². The molecule has 0 radical (unpaired) electrons. The summed E-state index contributed by atoms with van der Waals surface area (Å²) in [6.45, 7) is 0. The van der Waals surface area contributed by atoms with Crippen LogP contribution in [0.4, 0.5) is 15.8 Å². The molecule has 4 rings (SSSR count). The molecular weight excluding hydrogens is 457 g/mol. The summed E-state index contributed by atoms with van der Waals surface area (Å²) in [4.78, 5) is 29.0. The molecule has 0 aliphatic rings. The maximum absolute atomic E-state index is 13.3. The number of carbonyl (C=O) groups is 2. The van der Waals surface area contributed by atoms with E-state index in [1.807, 2.05) is 6.07 Å². The average Bonchev–Trinajstić information content (AvgIpc) is 3.16. The van der Waals surface area contributed by atoms with Crippen LogP contribution in [0.25, 0.3) is 10.2 Å². The first-order valence-electron chi connectivity index (χ1n) is 9.12. The second-order valence-corrected chi connectivity index (χ2v) is 9.16. The molecule has 3 aromatic carbocycles. The van der Waals surface area contributed by atoms with Gasteiger partial charge in [-0.15, -0.1) is 11.3 Å². The van der Waals surface area contributed by atoms with Crippen molar-refractivity contribution in [2.45, 2.75) is 4.34 Å². The molecule has 4 aromatic rings. The quantitative estimate of drug-likeness (QED) is 0.335. The highest BCUT2D eigenvalue weighted by atomic mass is 35.5. The van der Waals surface area contributed by atoms with Crippen LogP contribution in [-0.2, 0) is 4.79 Å². The Balaban J connectivity index is 1.38. The average molecular weight is 472 g/mol. The zero-order valence-electron chi connectivity index (χ0n) is 15.9. The van der Waals surface area contributed by atoms with Gasteiger partial charge in [-0.25, -0.2) is 9.37 Å². The highest BCUT2D eigenvalue weighted by Gasteiger charge is 2.11. The van der Waals surface area contributed by atoms with Crippen LogP contribution in [0, 0.1) is 5.82 Å². The summed E-state index contributed by atoms with van der Waals surface area (Å²) < 4.78 is 14.9. The summed E-state index contributed by atoms with van der Waals surface area (Å²) in [5, 5.41) is 6.17. The molecule has 0 saturated carbocycles. The summed E-state index contributed by atoms with van der Waals surface area (Å²) in [7, 11) is 0. The molecule has 0 aliphatic carbocycles. The number of rotatable bonds is 6. The van der Waals surface area contributed by atoms with Crippen molar-refractivity contribution in [2.75, 3.05) is 16.4 Å². The molecule has 2 amide bonds. The zero-order chi connectivity index (χ0) is 21.8. The van der Waals surface area contributed by atoms with Gasteiger partial charge in [-0.1, -0.05) is 29.4 Å². The Hall–Kier alpha value is -2.94. The molecule has 2 N–H and O–H groups in total. The van der Waals surface area contributed by atoms with Crippen LogP contribution < -0.4 is 10.6 Å². The lowest BCUT2D eigenvalue weighted by atomic mass is 10.2. The second-order valence-electron chi connectivity index (χ2n) is 6.47. The Kier molecular flexibility index (Phi) is 6.50. The Labute approximate surface area is 190 Å². The van der Waals surface area contributed by atoms with Gasteiger partial charge < -0.3 is 10.6 Å². The standard InChI is InChI=1S/C22H15ClFN3O2S2/c23-14-4-6-16(7-5-14)25-20(28)12-30-22-27-18-9-8-17(11-19(18)31-22)26-21(29)13-2-1-3-15(24)10-13/h1-11H,12H2,(H,25,28)(H,26,29). The molecule has 0 atom stereocenters. The molecule has 31 heavy (non-hydrogen) atoms. The second kappa shape index (κ2) is 9.47. The van der Waals surface area contributed by atoms with Gasteiger partial charge in [0, 0.05) is 22.0 Å². The zero-order valence-corrected chi connectivity index (χ0v) is 18.3. The fourth-order valence-corrected chi connectivity index (χ4v) is 4.77. The summed E-state index contributed by atoms with van der Waals surface area (Å²) in [6.07, 6.45) is 0. The third-order valence-electron chi connectivity index (χ3n) is 4.17. The minimum atomic E-state index is -0.465. The first-order chi connectivity index (χ1) is 15.0. The van der Waals surface area contributed by atoms with Crippen LogP contribution in [0.15, 0.2) is 71.1 Å². The number of thioether (sulfide) groups is 1. The van der Waals surface area contributed by atoms with Gasteiger partial charge in [-0.3, -0.25) is 9.59 Å². The minimum absolute atomic E-state index is 0.144. The van der Waals surface area contributed by atoms with Crippen LogP contribution in [0.1, 0.15) is 10.4 Å². The summed E-state index contributed by atoms with van der Waals surface area (Å²) in [6, 6.07) is 17.7. The van der Waals surface area contributed by atoms with E-state index in [1.165, 1.54) is 41.3 Å². The number of nitrogens with one attached hydrogen (secondary N) is 2. The number of benzene rings is 3. The van der Waals surface area contributed by atoms with Gasteiger partial charge in [0.05, 0.1) is 16.0 Å². The maximum atomic E-state index is 13.3. The first-order valence-corrected chi connectivity index (χ1v) is 11.3. The van der Waals surface area contributed by atoms with E-state index in [2.05, 4.69) is 15.6 Å². The lowest BCUT2D eigenvalue weighted by Gasteiger charge is -2.05. The number of aromatic nitrogens is 1. The van der Waals surface area contributed by atoms with E-state index in [0.717, 1.165) is 14.6 Å². The number of nitrogens with zero attached hydrogens (tertiary/aromatic N) is 1. The van der Waals surface area contributed by atoms with Crippen LogP contribution in [-0.4, -0.2) is 22.6 Å².